The van der Waals surface area contributed by atoms with Crippen molar-refractivity contribution in [3.05, 3.63) is 38.9 Å². The lowest BCUT2D eigenvalue weighted by molar-refractivity contribution is 0.0949. The third-order valence-corrected chi connectivity index (χ3v) is 4.35. The largest absolute Gasteiger partial charge is 0.351 e. The molecule has 0 saturated heterocycles. The van der Waals surface area contributed by atoms with Gasteiger partial charge in [-0.25, -0.2) is 0 Å². The fourth-order valence-electron chi connectivity index (χ4n) is 2.42. The van der Waals surface area contributed by atoms with Crippen LogP contribution < -0.4 is 10.9 Å². The van der Waals surface area contributed by atoms with E-state index in [1.54, 1.807) is 25.2 Å². The molecule has 1 amide bonds. The molecule has 0 aliphatic carbocycles. The number of amides is 1. The number of nitrogens with zero attached hydrogens (tertiary/aromatic N) is 2. The Morgan fingerprint density at radius 1 is 1.35 bits per heavy atom. The fraction of sp³-hybridized carbons (Fsp3) is 0.438. The van der Waals surface area contributed by atoms with Crippen LogP contribution in [-0.4, -0.2) is 46.5 Å². The van der Waals surface area contributed by atoms with Crippen molar-refractivity contribution in [1.29, 1.82) is 0 Å². The lowest BCUT2D eigenvalue weighted by Gasteiger charge is -2.18. The van der Waals surface area contributed by atoms with E-state index in [0.717, 1.165) is 19.6 Å². The summed E-state index contributed by atoms with van der Waals surface area (Å²) in [6, 6.07) is 4.98. The number of hydrogen-bond acceptors (Lipinski definition) is 4. The summed E-state index contributed by atoms with van der Waals surface area (Å²) in [7, 11) is 1.62. The molecule has 7 heteroatoms. The molecule has 6 nitrogen and oxygen atoms in total. The summed E-state index contributed by atoms with van der Waals surface area (Å²) in [6.45, 7) is 7.51. The van der Waals surface area contributed by atoms with E-state index in [1.165, 1.54) is 4.57 Å². The van der Waals surface area contributed by atoms with Crippen LogP contribution in [0, 0.1) is 4.77 Å². The molecule has 0 fully saturated rings. The highest BCUT2D eigenvalue weighted by Crippen LogP contribution is 2.10. The van der Waals surface area contributed by atoms with E-state index >= 15 is 0 Å². The zero-order valence-corrected chi connectivity index (χ0v) is 14.5. The standard InChI is InChI=1S/C16H22N4O2S/c1-4-20(5-2)9-8-17-14(21)11-6-7-12-13(10-11)18-16(23)19(3)15(12)22/h6-7,10H,4-5,8-9H2,1-3H3,(H,17,21)(H,18,23). The van der Waals surface area contributed by atoms with Gasteiger partial charge in [-0.05, 0) is 43.5 Å². The molecule has 0 atom stereocenters. The van der Waals surface area contributed by atoms with Crippen LogP contribution in [0.3, 0.4) is 0 Å². The summed E-state index contributed by atoms with van der Waals surface area (Å²) >= 11 is 5.10. The van der Waals surface area contributed by atoms with Gasteiger partial charge in [0.2, 0.25) is 0 Å². The predicted octanol–water partition coefficient (Wildman–Crippen LogP) is 1.67. The molecular weight excluding hydrogens is 312 g/mol. The zero-order chi connectivity index (χ0) is 17.0. The van der Waals surface area contributed by atoms with Gasteiger partial charge in [0.1, 0.15) is 0 Å². The number of hydrogen-bond donors (Lipinski definition) is 2. The van der Waals surface area contributed by atoms with Gasteiger partial charge in [-0.15, -0.1) is 0 Å². The zero-order valence-electron chi connectivity index (χ0n) is 13.7. The van der Waals surface area contributed by atoms with E-state index in [2.05, 4.69) is 29.0 Å². The molecule has 2 rings (SSSR count). The molecular formula is C16H22N4O2S. The molecule has 124 valence electrons. The first kappa shape index (κ1) is 17.4. The van der Waals surface area contributed by atoms with Crippen molar-refractivity contribution in [1.82, 2.24) is 19.8 Å². The summed E-state index contributed by atoms with van der Waals surface area (Å²) in [5, 5.41) is 3.41. The van der Waals surface area contributed by atoms with Crippen LogP contribution in [-0.2, 0) is 7.05 Å². The molecule has 1 aromatic carbocycles. The second kappa shape index (κ2) is 7.52. The molecule has 1 heterocycles. The van der Waals surface area contributed by atoms with Crippen molar-refractivity contribution in [2.45, 2.75) is 13.8 Å². The lowest BCUT2D eigenvalue weighted by Crippen LogP contribution is -2.34. The maximum atomic E-state index is 12.2. The minimum Gasteiger partial charge on any atom is -0.351 e. The SMILES string of the molecule is CCN(CC)CCNC(=O)c1ccc2c(=O)n(C)c(=S)[nH]c2c1. The van der Waals surface area contributed by atoms with Gasteiger partial charge >= 0.3 is 0 Å². The van der Waals surface area contributed by atoms with Crippen LogP contribution >= 0.6 is 12.2 Å². The molecule has 0 radical (unpaired) electrons. The molecule has 0 spiro atoms. The maximum absolute atomic E-state index is 12.2. The number of rotatable bonds is 6. The third-order valence-electron chi connectivity index (χ3n) is 3.97. The Morgan fingerprint density at radius 3 is 2.70 bits per heavy atom. The Bertz CT molecular complexity index is 821. The van der Waals surface area contributed by atoms with E-state index in [-0.39, 0.29) is 11.5 Å². The van der Waals surface area contributed by atoms with Crippen molar-refractivity contribution in [3.63, 3.8) is 0 Å². The number of fused-ring (bicyclic) bond motifs is 1. The highest BCUT2D eigenvalue weighted by molar-refractivity contribution is 7.71. The van der Waals surface area contributed by atoms with Crippen LogP contribution in [0.1, 0.15) is 24.2 Å². The molecule has 0 aliphatic rings. The minimum atomic E-state index is -0.169. The van der Waals surface area contributed by atoms with Gasteiger partial charge in [0.25, 0.3) is 11.5 Å². The van der Waals surface area contributed by atoms with Gasteiger partial charge in [0.15, 0.2) is 4.77 Å². The molecule has 0 unspecified atom stereocenters. The molecule has 2 N–H and O–H groups in total. The summed E-state index contributed by atoms with van der Waals surface area (Å²) in [5.41, 5.74) is 0.919. The number of nitrogens with one attached hydrogen (secondary N) is 2. The van der Waals surface area contributed by atoms with E-state index in [4.69, 9.17) is 12.2 Å². The first-order valence-electron chi connectivity index (χ1n) is 7.71. The minimum absolute atomic E-state index is 0.154. The molecule has 0 aliphatic heterocycles. The molecule has 0 saturated carbocycles. The number of H-pyrrole nitrogens is 1. The second-order valence-electron chi connectivity index (χ2n) is 5.34. The highest BCUT2D eigenvalue weighted by Gasteiger charge is 2.09. The Hall–Kier alpha value is -1.99. The van der Waals surface area contributed by atoms with E-state index in [0.29, 0.717) is 27.8 Å². The van der Waals surface area contributed by atoms with Gasteiger partial charge in [-0.2, -0.15) is 0 Å². The van der Waals surface area contributed by atoms with Crippen LogP contribution in [0.2, 0.25) is 0 Å². The average molecular weight is 334 g/mol. The summed E-state index contributed by atoms with van der Waals surface area (Å²) in [5.74, 6) is -0.154. The smallest absolute Gasteiger partial charge is 0.261 e. The number of carbonyl (C=O) groups is 1. The first-order valence-corrected chi connectivity index (χ1v) is 8.12. The highest BCUT2D eigenvalue weighted by atomic mass is 32.1. The van der Waals surface area contributed by atoms with E-state index < -0.39 is 0 Å². The number of carbonyl (C=O) groups excluding carboxylic acids is 1. The third kappa shape index (κ3) is 3.86. The number of benzene rings is 1. The predicted molar refractivity (Wildman–Crippen MR) is 94.5 cm³/mol. The molecule has 2 aromatic rings. The van der Waals surface area contributed by atoms with Crippen molar-refractivity contribution in [2.24, 2.45) is 7.05 Å². The van der Waals surface area contributed by atoms with Gasteiger partial charge in [0.05, 0.1) is 10.9 Å². The Balaban J connectivity index is 2.17. The van der Waals surface area contributed by atoms with Crippen molar-refractivity contribution >= 4 is 29.0 Å². The molecule has 0 bridgehead atoms. The first-order chi connectivity index (χ1) is 11.0. The normalized spacial score (nSPS) is 11.1. The van der Waals surface area contributed by atoms with E-state index in [9.17, 15) is 9.59 Å². The van der Waals surface area contributed by atoms with Crippen LogP contribution in [0.15, 0.2) is 23.0 Å². The van der Waals surface area contributed by atoms with Gasteiger partial charge in [-0.3, -0.25) is 14.2 Å². The van der Waals surface area contributed by atoms with Gasteiger partial charge in [-0.1, -0.05) is 13.8 Å². The quantitative estimate of drug-likeness (QED) is 0.789. The van der Waals surface area contributed by atoms with E-state index in [1.807, 2.05) is 0 Å². The average Bonchev–Trinajstić information content (AvgIpc) is 2.56. The molecule has 23 heavy (non-hydrogen) atoms. The summed E-state index contributed by atoms with van der Waals surface area (Å²) in [4.78, 5) is 29.6. The second-order valence-corrected chi connectivity index (χ2v) is 5.72. The topological polar surface area (TPSA) is 70.1 Å². The number of likely N-dealkylation sites (N-methyl/N-ethyl adjacent to an activating group) is 1. The summed E-state index contributed by atoms with van der Waals surface area (Å²) in [6.07, 6.45) is 0. The van der Waals surface area contributed by atoms with Gasteiger partial charge in [0, 0.05) is 25.7 Å². The van der Waals surface area contributed by atoms with Crippen molar-refractivity contribution in [2.75, 3.05) is 26.2 Å². The Kier molecular flexibility index (Phi) is 5.68. The fourth-order valence-corrected chi connectivity index (χ4v) is 2.61. The lowest BCUT2D eigenvalue weighted by atomic mass is 10.1. The van der Waals surface area contributed by atoms with Crippen molar-refractivity contribution < 1.29 is 4.79 Å². The van der Waals surface area contributed by atoms with Crippen LogP contribution in [0.5, 0.6) is 0 Å². The Morgan fingerprint density at radius 2 is 2.04 bits per heavy atom. The molecule has 1 aromatic heterocycles. The number of aromatic nitrogens is 2. The van der Waals surface area contributed by atoms with Crippen LogP contribution in [0.4, 0.5) is 0 Å². The monoisotopic (exact) mass is 334 g/mol. The van der Waals surface area contributed by atoms with Gasteiger partial charge < -0.3 is 15.2 Å². The van der Waals surface area contributed by atoms with Crippen LogP contribution in [0.25, 0.3) is 10.9 Å². The summed E-state index contributed by atoms with van der Waals surface area (Å²) < 4.78 is 1.71. The number of aromatic amines is 1. The maximum Gasteiger partial charge on any atom is 0.261 e. The Labute approximate surface area is 140 Å². The van der Waals surface area contributed by atoms with Crippen molar-refractivity contribution in [3.8, 4) is 0 Å².